The Kier molecular flexibility index (Phi) is 4.66. The van der Waals surface area contributed by atoms with Crippen molar-refractivity contribution in [1.29, 1.82) is 0 Å². The third-order valence-electron chi connectivity index (χ3n) is 3.02. The maximum Gasteiger partial charge on any atom is 0.214 e. The van der Waals surface area contributed by atoms with E-state index in [0.717, 1.165) is 17.7 Å². The van der Waals surface area contributed by atoms with Crippen molar-refractivity contribution in [2.24, 2.45) is 0 Å². The van der Waals surface area contributed by atoms with Crippen LogP contribution in [0, 0.1) is 0 Å². The fourth-order valence-electron chi connectivity index (χ4n) is 1.43. The van der Waals surface area contributed by atoms with E-state index >= 15 is 0 Å². The third-order valence-corrected chi connectivity index (χ3v) is 3.33. The van der Waals surface area contributed by atoms with Gasteiger partial charge in [0.15, 0.2) is 0 Å². The van der Waals surface area contributed by atoms with Crippen LogP contribution in [0.1, 0.15) is 59.2 Å². The van der Waals surface area contributed by atoms with E-state index in [1.165, 1.54) is 0 Å². The average molecular weight is 270 g/mol. The molecule has 0 atom stereocenters. The molecule has 1 aromatic heterocycles. The van der Waals surface area contributed by atoms with Crippen LogP contribution in [0.15, 0.2) is 12.1 Å². The second-order valence-corrected chi connectivity index (χ2v) is 6.57. The van der Waals surface area contributed by atoms with Gasteiger partial charge in [-0.1, -0.05) is 27.7 Å². The van der Waals surface area contributed by atoms with Gasteiger partial charge in [0.25, 0.3) is 0 Å². The van der Waals surface area contributed by atoms with Gasteiger partial charge < -0.3 is 4.74 Å². The normalized spacial score (nSPS) is 12.6. The van der Waals surface area contributed by atoms with Gasteiger partial charge in [-0.2, -0.15) is 0 Å². The van der Waals surface area contributed by atoms with E-state index in [0.29, 0.717) is 11.8 Å². The SMILES string of the molecule is CCC(C)(C)Oc1cc(CCl)cc(C(C)(C)C)n1. The highest BCUT2D eigenvalue weighted by Crippen LogP contribution is 2.27. The van der Waals surface area contributed by atoms with E-state index in [1.807, 2.05) is 6.07 Å². The zero-order chi connectivity index (χ0) is 14.0. The smallest absolute Gasteiger partial charge is 0.214 e. The van der Waals surface area contributed by atoms with Crippen molar-refractivity contribution in [2.45, 2.75) is 64.9 Å². The zero-order valence-corrected chi connectivity index (χ0v) is 13.1. The number of alkyl halides is 1. The minimum Gasteiger partial charge on any atom is -0.472 e. The maximum atomic E-state index is 5.96. The molecule has 0 spiro atoms. The topological polar surface area (TPSA) is 22.1 Å². The van der Waals surface area contributed by atoms with Crippen LogP contribution in [0.5, 0.6) is 5.88 Å². The minimum atomic E-state index is -0.201. The molecule has 0 aromatic carbocycles. The van der Waals surface area contributed by atoms with Crippen molar-refractivity contribution in [1.82, 2.24) is 4.98 Å². The van der Waals surface area contributed by atoms with Crippen LogP contribution >= 0.6 is 11.6 Å². The predicted octanol–water partition coefficient (Wildman–Crippen LogP) is 4.69. The lowest BCUT2D eigenvalue weighted by Crippen LogP contribution is -2.28. The fourth-order valence-corrected chi connectivity index (χ4v) is 1.58. The number of hydrogen-bond donors (Lipinski definition) is 0. The van der Waals surface area contributed by atoms with Gasteiger partial charge in [-0.15, -0.1) is 11.6 Å². The van der Waals surface area contributed by atoms with Crippen LogP contribution in [0.2, 0.25) is 0 Å². The van der Waals surface area contributed by atoms with Crippen LogP contribution in [-0.2, 0) is 11.3 Å². The van der Waals surface area contributed by atoms with Crippen molar-refractivity contribution in [3.05, 3.63) is 23.4 Å². The first-order chi connectivity index (χ1) is 8.18. The van der Waals surface area contributed by atoms with E-state index in [4.69, 9.17) is 16.3 Å². The number of aromatic nitrogens is 1. The van der Waals surface area contributed by atoms with Crippen LogP contribution in [0.25, 0.3) is 0 Å². The highest BCUT2D eigenvalue weighted by molar-refractivity contribution is 6.17. The van der Waals surface area contributed by atoms with Crippen molar-refractivity contribution in [3.8, 4) is 5.88 Å². The number of nitrogens with zero attached hydrogens (tertiary/aromatic N) is 1. The Morgan fingerprint density at radius 2 is 1.78 bits per heavy atom. The van der Waals surface area contributed by atoms with Crippen molar-refractivity contribution >= 4 is 11.6 Å². The summed E-state index contributed by atoms with van der Waals surface area (Å²) in [6, 6.07) is 3.98. The van der Waals surface area contributed by atoms with Crippen LogP contribution < -0.4 is 4.74 Å². The maximum absolute atomic E-state index is 5.96. The average Bonchev–Trinajstić information content (AvgIpc) is 2.27. The molecule has 0 fully saturated rings. The van der Waals surface area contributed by atoms with Crippen molar-refractivity contribution in [2.75, 3.05) is 0 Å². The van der Waals surface area contributed by atoms with Gasteiger partial charge in [-0.25, -0.2) is 4.98 Å². The largest absolute Gasteiger partial charge is 0.472 e. The molecule has 1 heterocycles. The van der Waals surface area contributed by atoms with Crippen LogP contribution in [0.3, 0.4) is 0 Å². The Hall–Kier alpha value is -0.760. The Labute approximate surface area is 116 Å². The Balaban J connectivity index is 3.13. The van der Waals surface area contributed by atoms with Gasteiger partial charge >= 0.3 is 0 Å². The monoisotopic (exact) mass is 269 g/mol. The van der Waals surface area contributed by atoms with E-state index < -0.39 is 0 Å². The summed E-state index contributed by atoms with van der Waals surface area (Å²) in [6.45, 7) is 12.7. The molecule has 0 aliphatic heterocycles. The summed E-state index contributed by atoms with van der Waals surface area (Å²) in [6.07, 6.45) is 0.935. The lowest BCUT2D eigenvalue weighted by Gasteiger charge is -2.26. The van der Waals surface area contributed by atoms with E-state index in [9.17, 15) is 0 Å². The summed E-state index contributed by atoms with van der Waals surface area (Å²) in [4.78, 5) is 4.60. The van der Waals surface area contributed by atoms with Crippen LogP contribution in [-0.4, -0.2) is 10.6 Å². The predicted molar refractivity (Wildman–Crippen MR) is 77.5 cm³/mol. The number of ether oxygens (including phenoxy) is 1. The molecule has 0 aliphatic rings. The second kappa shape index (κ2) is 5.48. The Bertz CT molecular complexity index is 407. The highest BCUT2D eigenvalue weighted by atomic mass is 35.5. The van der Waals surface area contributed by atoms with Gasteiger partial charge in [0.2, 0.25) is 5.88 Å². The molecule has 1 rings (SSSR count). The Morgan fingerprint density at radius 1 is 1.17 bits per heavy atom. The molecule has 0 radical (unpaired) electrons. The summed E-state index contributed by atoms with van der Waals surface area (Å²) < 4.78 is 5.96. The first-order valence-electron chi connectivity index (χ1n) is 6.44. The van der Waals surface area contributed by atoms with Gasteiger partial charge in [0, 0.05) is 17.4 Å². The summed E-state index contributed by atoms with van der Waals surface area (Å²) in [7, 11) is 0. The molecule has 0 N–H and O–H groups in total. The lowest BCUT2D eigenvalue weighted by atomic mass is 9.91. The molecule has 0 amide bonds. The molecular formula is C15H24ClNO. The minimum absolute atomic E-state index is 0.00344. The summed E-state index contributed by atoms with van der Waals surface area (Å²) in [5.41, 5.74) is 1.87. The summed E-state index contributed by atoms with van der Waals surface area (Å²) in [5, 5.41) is 0. The number of pyridine rings is 1. The molecule has 0 bridgehead atoms. The molecule has 3 heteroatoms. The molecule has 102 valence electrons. The molecular weight excluding hydrogens is 246 g/mol. The lowest BCUT2D eigenvalue weighted by molar-refractivity contribution is 0.0983. The summed E-state index contributed by atoms with van der Waals surface area (Å²) >= 11 is 5.94. The first-order valence-corrected chi connectivity index (χ1v) is 6.98. The van der Waals surface area contributed by atoms with Gasteiger partial charge in [0.1, 0.15) is 5.60 Å². The van der Waals surface area contributed by atoms with E-state index in [2.05, 4.69) is 52.6 Å². The molecule has 0 saturated carbocycles. The van der Waals surface area contributed by atoms with Gasteiger partial charge in [-0.3, -0.25) is 0 Å². The van der Waals surface area contributed by atoms with Gasteiger partial charge in [-0.05, 0) is 31.9 Å². The quantitative estimate of drug-likeness (QED) is 0.740. The molecule has 0 saturated heterocycles. The second-order valence-electron chi connectivity index (χ2n) is 6.30. The highest BCUT2D eigenvalue weighted by Gasteiger charge is 2.21. The standard InChI is InChI=1S/C15H24ClNO/c1-7-15(5,6)18-13-9-11(10-16)8-12(17-13)14(2,3)4/h8-9H,7,10H2,1-6H3. The van der Waals surface area contributed by atoms with Gasteiger partial charge in [0.05, 0.1) is 5.69 Å². The molecule has 18 heavy (non-hydrogen) atoms. The van der Waals surface area contributed by atoms with E-state index in [1.54, 1.807) is 0 Å². The summed E-state index contributed by atoms with van der Waals surface area (Å²) in [5.74, 6) is 1.15. The van der Waals surface area contributed by atoms with Crippen LogP contribution in [0.4, 0.5) is 0 Å². The molecule has 2 nitrogen and oxygen atoms in total. The fraction of sp³-hybridized carbons (Fsp3) is 0.667. The molecule has 0 aliphatic carbocycles. The number of halogens is 1. The number of hydrogen-bond acceptors (Lipinski definition) is 2. The zero-order valence-electron chi connectivity index (χ0n) is 12.3. The number of rotatable bonds is 4. The molecule has 0 unspecified atom stereocenters. The van der Waals surface area contributed by atoms with Crippen molar-refractivity contribution in [3.63, 3.8) is 0 Å². The first kappa shape index (κ1) is 15.3. The van der Waals surface area contributed by atoms with E-state index in [-0.39, 0.29) is 11.0 Å². The van der Waals surface area contributed by atoms with Crippen molar-refractivity contribution < 1.29 is 4.74 Å². The molecule has 1 aromatic rings. The Morgan fingerprint density at radius 3 is 2.22 bits per heavy atom. The third kappa shape index (κ3) is 4.16.